The van der Waals surface area contributed by atoms with Crippen molar-refractivity contribution in [3.63, 3.8) is 0 Å². The molecule has 0 spiro atoms. The minimum atomic E-state index is -1.22. The molecule has 0 radical (unpaired) electrons. The Morgan fingerprint density at radius 3 is 1.92 bits per heavy atom. The topological polar surface area (TPSA) is 49.3 Å². The monoisotopic (exact) mass is 173 g/mol. The summed E-state index contributed by atoms with van der Waals surface area (Å²) in [5.41, 5.74) is -1.31. The van der Waals surface area contributed by atoms with Gasteiger partial charge >= 0.3 is 0 Å². The fourth-order valence-electron chi connectivity index (χ4n) is 0.562. The molecule has 0 aliphatic rings. The van der Waals surface area contributed by atoms with Crippen molar-refractivity contribution in [3.8, 4) is 0 Å². The summed E-state index contributed by atoms with van der Waals surface area (Å²) in [7, 11) is 0. The molecule has 0 atom stereocenters. The Hall–Kier alpha value is -0.410. The average Bonchev–Trinajstić information content (AvgIpc) is 1.78. The van der Waals surface area contributed by atoms with Gasteiger partial charge < -0.3 is 10.4 Å². The molecule has 0 saturated heterocycles. The molecule has 3 nitrogen and oxygen atoms in total. The van der Waals surface area contributed by atoms with Crippen LogP contribution in [0.1, 0.15) is 34.6 Å². The third-order valence-electron chi connectivity index (χ3n) is 1.46. The van der Waals surface area contributed by atoms with Gasteiger partial charge in [-0.2, -0.15) is 0 Å². The first-order chi connectivity index (χ1) is 5.13. The normalized spacial score (nSPS) is 13.2. The van der Waals surface area contributed by atoms with E-state index in [-0.39, 0.29) is 17.9 Å². The summed E-state index contributed by atoms with van der Waals surface area (Å²) in [5, 5.41) is 12.3. The molecule has 0 aliphatic carbocycles. The second-order valence-corrected chi connectivity index (χ2v) is 4.59. The van der Waals surface area contributed by atoms with Gasteiger partial charge in [-0.05, 0) is 34.6 Å². The Kier molecular flexibility index (Phi) is 3.42. The van der Waals surface area contributed by atoms with Gasteiger partial charge in [0.1, 0.15) is 5.60 Å². The molecule has 0 saturated carbocycles. The van der Waals surface area contributed by atoms with E-state index in [1.807, 2.05) is 20.8 Å². The number of carbonyl (C=O) groups excluding carboxylic acids is 1. The van der Waals surface area contributed by atoms with Crippen LogP contribution in [-0.4, -0.2) is 28.6 Å². The molecule has 0 aromatic rings. The van der Waals surface area contributed by atoms with Crippen molar-refractivity contribution in [2.45, 2.75) is 45.8 Å². The lowest BCUT2D eigenvalue weighted by Crippen LogP contribution is -2.45. The summed E-state index contributed by atoms with van der Waals surface area (Å²) < 4.78 is 0. The molecular formula is C9H19NO2. The fourth-order valence-corrected chi connectivity index (χ4v) is 0.562. The number of ketones is 1. The first kappa shape index (κ1) is 11.6. The van der Waals surface area contributed by atoms with Crippen LogP contribution in [0.4, 0.5) is 0 Å². The van der Waals surface area contributed by atoms with Crippen molar-refractivity contribution in [1.29, 1.82) is 0 Å². The van der Waals surface area contributed by atoms with Gasteiger partial charge in [0.05, 0.1) is 6.54 Å². The highest BCUT2D eigenvalue weighted by atomic mass is 16.3. The molecule has 0 unspecified atom stereocenters. The zero-order valence-corrected chi connectivity index (χ0v) is 8.56. The Morgan fingerprint density at radius 1 is 1.25 bits per heavy atom. The van der Waals surface area contributed by atoms with Gasteiger partial charge in [0, 0.05) is 5.54 Å². The van der Waals surface area contributed by atoms with Crippen molar-refractivity contribution >= 4 is 5.78 Å². The number of carbonyl (C=O) groups is 1. The molecule has 0 bridgehead atoms. The number of nitrogens with one attached hydrogen (secondary N) is 1. The van der Waals surface area contributed by atoms with Crippen LogP contribution in [0.2, 0.25) is 0 Å². The zero-order valence-electron chi connectivity index (χ0n) is 8.56. The predicted octanol–water partition coefficient (Wildman–Crippen LogP) is 0.714. The van der Waals surface area contributed by atoms with Crippen LogP contribution in [0.3, 0.4) is 0 Å². The Balaban J connectivity index is 3.90. The summed E-state index contributed by atoms with van der Waals surface area (Å²) in [6, 6.07) is 0. The Labute approximate surface area is 74.2 Å². The van der Waals surface area contributed by atoms with E-state index in [9.17, 15) is 9.90 Å². The number of Topliss-reactive ketones (excluding diaryl/α,β-unsaturated/α-hetero) is 1. The molecule has 0 fully saturated rings. The van der Waals surface area contributed by atoms with E-state index in [1.54, 1.807) is 0 Å². The van der Waals surface area contributed by atoms with Crippen LogP contribution in [0.25, 0.3) is 0 Å². The van der Waals surface area contributed by atoms with Gasteiger partial charge in [-0.3, -0.25) is 4.79 Å². The number of aliphatic hydroxyl groups is 1. The molecule has 2 N–H and O–H groups in total. The van der Waals surface area contributed by atoms with Crippen molar-refractivity contribution in [3.05, 3.63) is 0 Å². The van der Waals surface area contributed by atoms with Crippen LogP contribution in [0.15, 0.2) is 0 Å². The maximum Gasteiger partial charge on any atom is 0.177 e. The molecule has 0 rings (SSSR count). The number of hydrogen-bond acceptors (Lipinski definition) is 3. The van der Waals surface area contributed by atoms with E-state index in [1.165, 1.54) is 13.8 Å². The second kappa shape index (κ2) is 3.54. The van der Waals surface area contributed by atoms with E-state index in [2.05, 4.69) is 5.32 Å². The van der Waals surface area contributed by atoms with Crippen molar-refractivity contribution in [2.75, 3.05) is 6.54 Å². The van der Waals surface area contributed by atoms with Gasteiger partial charge in [-0.1, -0.05) is 0 Å². The Morgan fingerprint density at radius 2 is 1.67 bits per heavy atom. The smallest absolute Gasteiger partial charge is 0.177 e. The lowest BCUT2D eigenvalue weighted by Gasteiger charge is -2.23. The van der Waals surface area contributed by atoms with Gasteiger partial charge in [0.2, 0.25) is 0 Å². The summed E-state index contributed by atoms with van der Waals surface area (Å²) in [6.45, 7) is 9.15. The van der Waals surface area contributed by atoms with Gasteiger partial charge in [-0.15, -0.1) is 0 Å². The fraction of sp³-hybridized carbons (Fsp3) is 0.889. The minimum Gasteiger partial charge on any atom is -0.383 e. The van der Waals surface area contributed by atoms with Crippen LogP contribution in [0, 0.1) is 0 Å². The molecule has 0 aromatic carbocycles. The summed E-state index contributed by atoms with van der Waals surface area (Å²) in [6.07, 6.45) is 0. The highest BCUT2D eigenvalue weighted by molar-refractivity contribution is 5.87. The van der Waals surface area contributed by atoms with E-state index < -0.39 is 5.60 Å². The molecule has 0 heterocycles. The van der Waals surface area contributed by atoms with Crippen molar-refractivity contribution in [1.82, 2.24) is 5.32 Å². The first-order valence-electron chi connectivity index (χ1n) is 4.13. The van der Waals surface area contributed by atoms with E-state index >= 15 is 0 Å². The van der Waals surface area contributed by atoms with E-state index in [0.717, 1.165) is 0 Å². The Bertz CT molecular complexity index is 162. The highest BCUT2D eigenvalue weighted by Gasteiger charge is 2.24. The van der Waals surface area contributed by atoms with Gasteiger partial charge in [0.15, 0.2) is 5.78 Å². The van der Waals surface area contributed by atoms with Gasteiger partial charge in [-0.25, -0.2) is 0 Å². The molecular weight excluding hydrogens is 154 g/mol. The van der Waals surface area contributed by atoms with Crippen molar-refractivity contribution in [2.24, 2.45) is 0 Å². The number of rotatable bonds is 3. The third-order valence-corrected chi connectivity index (χ3v) is 1.46. The minimum absolute atomic E-state index is 0.0824. The third kappa shape index (κ3) is 5.27. The van der Waals surface area contributed by atoms with Crippen molar-refractivity contribution < 1.29 is 9.90 Å². The molecule has 3 heteroatoms. The largest absolute Gasteiger partial charge is 0.383 e. The van der Waals surface area contributed by atoms with Gasteiger partial charge in [0.25, 0.3) is 0 Å². The average molecular weight is 173 g/mol. The predicted molar refractivity (Wildman–Crippen MR) is 49.1 cm³/mol. The standard InChI is InChI=1S/C9H19NO2/c1-8(2,3)10-6-7(11)9(4,5)12/h10,12H,6H2,1-5H3. The number of hydrogen-bond donors (Lipinski definition) is 2. The highest BCUT2D eigenvalue weighted by Crippen LogP contribution is 2.04. The molecule has 0 aliphatic heterocycles. The maximum atomic E-state index is 11.2. The summed E-state index contributed by atoms with van der Waals surface area (Å²) in [5.74, 6) is -0.183. The van der Waals surface area contributed by atoms with Crippen LogP contribution in [-0.2, 0) is 4.79 Å². The van der Waals surface area contributed by atoms with Crippen LogP contribution >= 0.6 is 0 Å². The SMILES string of the molecule is CC(C)(C)NCC(=O)C(C)(C)O. The lowest BCUT2D eigenvalue weighted by molar-refractivity contribution is -0.133. The summed E-state index contributed by atoms with van der Waals surface area (Å²) >= 11 is 0. The van der Waals surface area contributed by atoms with Crippen LogP contribution < -0.4 is 5.32 Å². The second-order valence-electron chi connectivity index (χ2n) is 4.59. The molecule has 0 aromatic heterocycles. The summed E-state index contributed by atoms with van der Waals surface area (Å²) in [4.78, 5) is 11.2. The molecule has 72 valence electrons. The lowest BCUT2D eigenvalue weighted by atomic mass is 10.0. The molecule has 12 heavy (non-hydrogen) atoms. The van der Waals surface area contributed by atoms with E-state index in [4.69, 9.17) is 0 Å². The quantitative estimate of drug-likeness (QED) is 0.661. The zero-order chi connectivity index (χ0) is 9.99. The van der Waals surface area contributed by atoms with E-state index in [0.29, 0.717) is 0 Å². The molecule has 0 amide bonds. The maximum absolute atomic E-state index is 11.2. The first-order valence-corrected chi connectivity index (χ1v) is 4.13. The van der Waals surface area contributed by atoms with Crippen LogP contribution in [0.5, 0.6) is 0 Å².